The molecule has 6 nitrogen and oxygen atoms in total. The molecule has 0 aromatic rings. The first-order valence-electron chi connectivity index (χ1n) is 5.29. The van der Waals surface area contributed by atoms with E-state index in [2.05, 4.69) is 11.9 Å². The number of allylic oxidation sites excluding steroid dienone is 1. The predicted octanol–water partition coefficient (Wildman–Crippen LogP) is 0.303. The quantitative estimate of drug-likeness (QED) is 0.564. The number of ketones is 1. The lowest BCUT2D eigenvalue weighted by Crippen LogP contribution is -2.54. The number of hydrogen-bond acceptors (Lipinski definition) is 5. The third-order valence-corrected chi connectivity index (χ3v) is 2.82. The molecule has 1 atom stereocenters. The zero-order valence-electron chi connectivity index (χ0n) is 9.45. The highest BCUT2D eigenvalue weighted by atomic mass is 16.6. The molecule has 2 rings (SSSR count). The number of hydrogen-bond donors (Lipinski definition) is 1. The highest BCUT2D eigenvalue weighted by molar-refractivity contribution is 7.03. The molecule has 2 aliphatic rings. The second-order valence-corrected chi connectivity index (χ2v) is 4.29. The molecule has 1 unspecified atom stereocenters. The monoisotopic (exact) mass is 237 g/mol. The first-order chi connectivity index (χ1) is 7.94. The minimum Gasteiger partial charge on any atom is -0.637 e. The van der Waals surface area contributed by atoms with Crippen molar-refractivity contribution < 1.29 is 23.7 Å². The van der Waals surface area contributed by atoms with Gasteiger partial charge in [0.25, 0.3) is 0 Å². The number of nitrogens with one attached hydrogen (secondary N) is 1. The summed E-state index contributed by atoms with van der Waals surface area (Å²) in [4.78, 5) is 34.0. The number of carbonyl (C=O) groups is 3. The molecule has 0 spiro atoms. The molecule has 0 bridgehead atoms. The molecule has 2 fully saturated rings. The van der Waals surface area contributed by atoms with E-state index in [4.69, 9.17) is 9.31 Å². The van der Waals surface area contributed by atoms with Crippen LogP contribution in [0.25, 0.3) is 0 Å². The summed E-state index contributed by atoms with van der Waals surface area (Å²) in [5, 5.41) is 2.40. The van der Waals surface area contributed by atoms with Crippen LogP contribution < -0.4 is 5.32 Å². The molecule has 1 amide bonds. The van der Waals surface area contributed by atoms with Gasteiger partial charge < -0.3 is 19.4 Å². The van der Waals surface area contributed by atoms with Gasteiger partial charge in [-0.05, 0) is 6.92 Å². The van der Waals surface area contributed by atoms with Crippen LogP contribution in [-0.2, 0) is 18.9 Å². The Morgan fingerprint density at radius 3 is 2.82 bits per heavy atom. The largest absolute Gasteiger partial charge is 0.640 e. The van der Waals surface area contributed by atoms with Gasteiger partial charge in [0.1, 0.15) is 18.6 Å². The smallest absolute Gasteiger partial charge is 0.637 e. The van der Waals surface area contributed by atoms with Gasteiger partial charge in [-0.15, -0.1) is 0 Å². The Morgan fingerprint density at radius 2 is 2.18 bits per heavy atom. The summed E-state index contributed by atoms with van der Waals surface area (Å²) in [5.41, 5.74) is 0. The Kier molecular flexibility index (Phi) is 2.61. The summed E-state index contributed by atoms with van der Waals surface area (Å²) in [6, 6.07) is 0. The molecule has 7 heteroatoms. The van der Waals surface area contributed by atoms with Crippen LogP contribution in [0, 0.1) is 5.82 Å². The fourth-order valence-electron chi connectivity index (χ4n) is 2.10. The van der Waals surface area contributed by atoms with Gasteiger partial charge in [-0.1, -0.05) is 6.58 Å². The number of amides is 1. The SMILES string of the molecule is C=C1C[C+]2CC(=O)O[B-]2(C(=O)NCC(C)=O)O1. The highest BCUT2D eigenvalue weighted by Crippen LogP contribution is 2.44. The predicted molar refractivity (Wildman–Crippen MR) is 58.6 cm³/mol. The van der Waals surface area contributed by atoms with Gasteiger partial charge in [0.05, 0.1) is 12.3 Å². The van der Waals surface area contributed by atoms with E-state index in [-0.39, 0.29) is 18.7 Å². The number of Topliss-reactive ketones (excluding diaryl/α,β-unsaturated/α-hetero) is 1. The molecule has 2 heterocycles. The van der Waals surface area contributed by atoms with E-state index in [0.717, 1.165) is 0 Å². The maximum Gasteiger partial charge on any atom is 0.640 e. The number of carbonyl (C=O) groups excluding carboxylic acids is 3. The Bertz CT molecular complexity index is 399. The van der Waals surface area contributed by atoms with Crippen LogP contribution in [0.4, 0.5) is 4.79 Å². The minimum atomic E-state index is -2.43. The Labute approximate surface area is 98.3 Å². The summed E-state index contributed by atoms with van der Waals surface area (Å²) in [6.45, 7) is 2.43. The maximum absolute atomic E-state index is 11.9. The molecular weight excluding hydrogens is 225 g/mol. The van der Waals surface area contributed by atoms with Crippen molar-refractivity contribution in [2.45, 2.75) is 19.8 Å². The Morgan fingerprint density at radius 1 is 1.47 bits per heavy atom. The van der Waals surface area contributed by atoms with Crippen molar-refractivity contribution >= 4 is 24.1 Å². The fraction of sp³-hybridized carbons (Fsp3) is 0.400. The standard InChI is InChI=1S/C10H12BNO5/c1-6(13)5-12-10(15)11-8(3-7(2)16-11)4-9(14)17-11/h2-5H2,1H3,(H,12,15). The van der Waals surface area contributed by atoms with E-state index in [9.17, 15) is 14.4 Å². The zero-order chi connectivity index (χ0) is 12.6. The fourth-order valence-corrected chi connectivity index (χ4v) is 2.10. The van der Waals surface area contributed by atoms with E-state index in [1.807, 2.05) is 0 Å². The van der Waals surface area contributed by atoms with Crippen LogP contribution in [-0.4, -0.2) is 30.7 Å². The van der Waals surface area contributed by atoms with Crippen molar-refractivity contribution in [3.05, 3.63) is 18.2 Å². The third kappa shape index (κ3) is 1.88. The lowest BCUT2D eigenvalue weighted by atomic mass is 9.48. The molecule has 1 N–H and O–H groups in total. The van der Waals surface area contributed by atoms with E-state index < -0.39 is 18.3 Å². The topological polar surface area (TPSA) is 81.7 Å². The van der Waals surface area contributed by atoms with Crippen LogP contribution >= 0.6 is 0 Å². The van der Waals surface area contributed by atoms with Crippen molar-refractivity contribution in [1.29, 1.82) is 0 Å². The van der Waals surface area contributed by atoms with Crippen molar-refractivity contribution in [3.8, 4) is 0 Å². The van der Waals surface area contributed by atoms with Crippen LogP contribution in [0.2, 0.25) is 0 Å². The van der Waals surface area contributed by atoms with Gasteiger partial charge >= 0.3 is 12.5 Å². The van der Waals surface area contributed by atoms with Crippen molar-refractivity contribution in [1.82, 2.24) is 5.32 Å². The van der Waals surface area contributed by atoms with Crippen LogP contribution in [0.1, 0.15) is 19.8 Å². The van der Waals surface area contributed by atoms with Gasteiger partial charge in [0.2, 0.25) is 5.81 Å². The molecule has 0 saturated carbocycles. The van der Waals surface area contributed by atoms with Crippen molar-refractivity contribution in [2.75, 3.05) is 6.54 Å². The molecule has 0 radical (unpaired) electrons. The van der Waals surface area contributed by atoms with Gasteiger partial charge in [0, 0.05) is 5.82 Å². The van der Waals surface area contributed by atoms with Crippen LogP contribution in [0.15, 0.2) is 12.3 Å². The Balaban J connectivity index is 2.15. The summed E-state index contributed by atoms with van der Waals surface area (Å²) in [7, 11) is 0. The number of fused-ring (bicyclic) bond motifs is 1. The summed E-state index contributed by atoms with van der Waals surface area (Å²) in [5.74, 6) is -0.232. The lowest BCUT2D eigenvalue weighted by Gasteiger charge is -2.24. The van der Waals surface area contributed by atoms with Gasteiger partial charge in [-0.2, -0.15) is 0 Å². The maximum atomic E-state index is 11.9. The average Bonchev–Trinajstić information content (AvgIpc) is 2.66. The van der Waals surface area contributed by atoms with E-state index in [1.54, 1.807) is 0 Å². The van der Waals surface area contributed by atoms with Crippen LogP contribution in [0.5, 0.6) is 0 Å². The Hall–Kier alpha value is -1.92. The van der Waals surface area contributed by atoms with Crippen LogP contribution in [0.3, 0.4) is 0 Å². The lowest BCUT2D eigenvalue weighted by molar-refractivity contribution is -0.133. The first-order valence-corrected chi connectivity index (χ1v) is 5.29. The van der Waals surface area contributed by atoms with Gasteiger partial charge in [-0.3, -0.25) is 9.59 Å². The molecular formula is C10H12BNO5. The van der Waals surface area contributed by atoms with Crippen molar-refractivity contribution in [3.63, 3.8) is 0 Å². The minimum absolute atomic E-state index is 0.0759. The third-order valence-electron chi connectivity index (χ3n) is 2.82. The number of rotatable bonds is 3. The summed E-state index contributed by atoms with van der Waals surface area (Å²) < 4.78 is 10.3. The van der Waals surface area contributed by atoms with Crippen molar-refractivity contribution in [2.24, 2.45) is 0 Å². The molecule has 2 aliphatic heterocycles. The van der Waals surface area contributed by atoms with E-state index in [0.29, 0.717) is 18.0 Å². The molecule has 90 valence electrons. The summed E-state index contributed by atoms with van der Waals surface area (Å²) in [6.07, 6.45) is 0.436. The normalized spacial score (nSPS) is 26.3. The highest BCUT2D eigenvalue weighted by Gasteiger charge is 2.68. The second-order valence-electron chi connectivity index (χ2n) is 4.29. The summed E-state index contributed by atoms with van der Waals surface area (Å²) >= 11 is 0. The van der Waals surface area contributed by atoms with E-state index in [1.165, 1.54) is 6.92 Å². The molecule has 0 aromatic carbocycles. The molecule has 0 aliphatic carbocycles. The zero-order valence-corrected chi connectivity index (χ0v) is 9.45. The van der Waals surface area contributed by atoms with E-state index >= 15 is 0 Å². The average molecular weight is 237 g/mol. The molecule has 0 aromatic heterocycles. The first kappa shape index (κ1) is 11.6. The van der Waals surface area contributed by atoms with Gasteiger partial charge in [-0.25, -0.2) is 0 Å². The second kappa shape index (κ2) is 3.83. The van der Waals surface area contributed by atoms with Gasteiger partial charge in [0.15, 0.2) is 0 Å². The molecule has 17 heavy (non-hydrogen) atoms. The molecule has 2 saturated heterocycles.